The number of aromatic amines is 1. The molecule has 0 spiro atoms. The second-order valence-electron chi connectivity index (χ2n) is 7.52. The highest BCUT2D eigenvalue weighted by Crippen LogP contribution is 2.32. The van der Waals surface area contributed by atoms with E-state index in [1.165, 1.54) is 5.56 Å². The van der Waals surface area contributed by atoms with Crippen molar-refractivity contribution >= 4 is 28.4 Å². The number of hydrogen-bond donors (Lipinski definition) is 2. The number of benzene rings is 1. The van der Waals surface area contributed by atoms with Gasteiger partial charge in [-0.3, -0.25) is 9.78 Å². The predicted molar refractivity (Wildman–Crippen MR) is 117 cm³/mol. The Morgan fingerprint density at radius 3 is 2.97 bits per heavy atom. The van der Waals surface area contributed by atoms with Gasteiger partial charge in [0, 0.05) is 37.1 Å². The Morgan fingerprint density at radius 1 is 1.10 bits per heavy atom. The minimum atomic E-state index is -0.200. The molecule has 5 rings (SSSR count). The zero-order valence-electron chi connectivity index (χ0n) is 16.5. The van der Waals surface area contributed by atoms with Crippen molar-refractivity contribution in [2.24, 2.45) is 0 Å². The quantitative estimate of drug-likeness (QED) is 0.543. The fourth-order valence-corrected chi connectivity index (χ4v) is 4.11. The molecule has 3 aromatic heterocycles. The van der Waals surface area contributed by atoms with E-state index in [1.807, 2.05) is 30.5 Å². The molecule has 1 aliphatic rings. The van der Waals surface area contributed by atoms with Gasteiger partial charge in [-0.2, -0.15) is 0 Å². The highest BCUT2D eigenvalue weighted by molar-refractivity contribution is 6.02. The van der Waals surface area contributed by atoms with Crippen molar-refractivity contribution in [3.8, 4) is 0 Å². The summed E-state index contributed by atoms with van der Waals surface area (Å²) in [5.41, 5.74) is 3.28. The lowest BCUT2D eigenvalue weighted by atomic mass is 9.90. The van der Waals surface area contributed by atoms with Crippen LogP contribution < -0.4 is 10.2 Å². The number of nitrogens with one attached hydrogen (secondary N) is 2. The van der Waals surface area contributed by atoms with Crippen LogP contribution in [0.3, 0.4) is 0 Å². The van der Waals surface area contributed by atoms with E-state index in [0.717, 1.165) is 48.5 Å². The van der Waals surface area contributed by atoms with Crippen LogP contribution in [0, 0.1) is 0 Å². The van der Waals surface area contributed by atoms with Crippen molar-refractivity contribution in [2.45, 2.75) is 18.8 Å². The highest BCUT2D eigenvalue weighted by atomic mass is 16.1. The molecule has 0 unspecified atom stereocenters. The summed E-state index contributed by atoms with van der Waals surface area (Å²) in [6, 6.07) is 15.5. The summed E-state index contributed by atoms with van der Waals surface area (Å²) >= 11 is 0. The summed E-state index contributed by atoms with van der Waals surface area (Å²) in [5.74, 6) is 1.15. The summed E-state index contributed by atoms with van der Waals surface area (Å²) in [6.07, 6.45) is 7.33. The van der Waals surface area contributed by atoms with Crippen molar-refractivity contribution in [3.05, 3.63) is 78.5 Å². The number of rotatable bonds is 4. The SMILES string of the molecule is O=C(Nc1cccc([C@@H]2CCCN(c3ncnc4[nH]ccc34)C2)c1)c1ccccn1. The van der Waals surface area contributed by atoms with E-state index in [4.69, 9.17) is 0 Å². The number of H-pyrrole nitrogens is 1. The van der Waals surface area contributed by atoms with Crippen LogP contribution >= 0.6 is 0 Å². The molecule has 0 aliphatic carbocycles. The molecule has 30 heavy (non-hydrogen) atoms. The third-order valence-electron chi connectivity index (χ3n) is 5.57. The fraction of sp³-hybridized carbons (Fsp3) is 0.217. The molecule has 0 radical (unpaired) electrons. The maximum Gasteiger partial charge on any atom is 0.274 e. The summed E-state index contributed by atoms with van der Waals surface area (Å²) in [4.78, 5) is 30.9. The molecule has 4 aromatic rings. The van der Waals surface area contributed by atoms with Gasteiger partial charge in [0.05, 0.1) is 5.39 Å². The van der Waals surface area contributed by atoms with Gasteiger partial charge in [-0.1, -0.05) is 18.2 Å². The Bertz CT molecular complexity index is 1170. The third kappa shape index (κ3) is 3.61. The smallest absolute Gasteiger partial charge is 0.274 e. The van der Waals surface area contributed by atoms with Gasteiger partial charge in [-0.25, -0.2) is 9.97 Å². The van der Waals surface area contributed by atoms with Gasteiger partial charge in [-0.05, 0) is 48.7 Å². The number of fused-ring (bicyclic) bond motifs is 1. The summed E-state index contributed by atoms with van der Waals surface area (Å²) in [5, 5.41) is 4.01. The van der Waals surface area contributed by atoms with Crippen molar-refractivity contribution in [2.75, 3.05) is 23.3 Å². The van der Waals surface area contributed by atoms with E-state index >= 15 is 0 Å². The largest absolute Gasteiger partial charge is 0.355 e. The first-order chi connectivity index (χ1) is 14.8. The van der Waals surface area contributed by atoms with Crippen LogP contribution in [0.25, 0.3) is 11.0 Å². The molecular weight excluding hydrogens is 376 g/mol. The molecule has 1 aliphatic heterocycles. The van der Waals surface area contributed by atoms with Gasteiger partial charge in [0.1, 0.15) is 23.5 Å². The van der Waals surface area contributed by atoms with E-state index in [9.17, 15) is 4.79 Å². The standard InChI is InChI=1S/C23H22N6O/c30-23(20-8-1-2-10-24-20)28-18-7-3-5-16(13-18)17-6-4-12-29(14-17)22-19-9-11-25-21(19)26-15-27-22/h1-3,5,7-11,13,15,17H,4,6,12,14H2,(H,28,30)(H,25,26,27)/t17-/m1/s1. The van der Waals surface area contributed by atoms with Gasteiger partial charge >= 0.3 is 0 Å². The second kappa shape index (κ2) is 7.94. The summed E-state index contributed by atoms with van der Waals surface area (Å²) in [7, 11) is 0. The molecular formula is C23H22N6O. The Hall–Kier alpha value is -3.74. The third-order valence-corrected chi connectivity index (χ3v) is 5.57. The van der Waals surface area contributed by atoms with E-state index in [2.05, 4.69) is 42.3 Å². The van der Waals surface area contributed by atoms with Crippen molar-refractivity contribution in [1.29, 1.82) is 0 Å². The lowest BCUT2D eigenvalue weighted by Crippen LogP contribution is -2.35. The highest BCUT2D eigenvalue weighted by Gasteiger charge is 2.24. The Balaban J connectivity index is 1.35. The monoisotopic (exact) mass is 398 g/mol. The first-order valence-electron chi connectivity index (χ1n) is 10.1. The minimum absolute atomic E-state index is 0.200. The van der Waals surface area contributed by atoms with Gasteiger partial charge in [-0.15, -0.1) is 0 Å². The van der Waals surface area contributed by atoms with Crippen LogP contribution in [0.2, 0.25) is 0 Å². The summed E-state index contributed by atoms with van der Waals surface area (Å²) < 4.78 is 0. The Morgan fingerprint density at radius 2 is 2.07 bits per heavy atom. The van der Waals surface area contributed by atoms with Crippen LogP contribution in [0.4, 0.5) is 11.5 Å². The molecule has 1 fully saturated rings. The van der Waals surface area contributed by atoms with Crippen molar-refractivity contribution in [1.82, 2.24) is 19.9 Å². The fourth-order valence-electron chi connectivity index (χ4n) is 4.11. The number of pyridine rings is 1. The zero-order chi connectivity index (χ0) is 20.3. The number of amides is 1. The maximum absolute atomic E-state index is 12.4. The van der Waals surface area contributed by atoms with Crippen LogP contribution in [0.15, 0.2) is 67.3 Å². The topological polar surface area (TPSA) is 86.8 Å². The van der Waals surface area contributed by atoms with Gasteiger partial charge in [0.15, 0.2) is 0 Å². The molecule has 4 heterocycles. The molecule has 150 valence electrons. The average Bonchev–Trinajstić information content (AvgIpc) is 3.29. The molecule has 1 atom stereocenters. The summed E-state index contributed by atoms with van der Waals surface area (Å²) in [6.45, 7) is 1.86. The average molecular weight is 398 g/mol. The molecule has 7 heteroatoms. The number of nitrogens with zero attached hydrogens (tertiary/aromatic N) is 4. The molecule has 0 saturated carbocycles. The van der Waals surface area contributed by atoms with Crippen LogP contribution in [-0.4, -0.2) is 38.9 Å². The Kier molecular flexibility index (Phi) is 4.85. The number of hydrogen-bond acceptors (Lipinski definition) is 5. The molecule has 1 saturated heterocycles. The Labute approximate surface area is 174 Å². The van der Waals surface area contributed by atoms with Gasteiger partial charge in [0.2, 0.25) is 0 Å². The number of carbonyl (C=O) groups is 1. The first kappa shape index (κ1) is 18.3. The van der Waals surface area contributed by atoms with Crippen LogP contribution in [0.1, 0.15) is 34.8 Å². The number of carbonyl (C=O) groups excluding carboxylic acids is 1. The van der Waals surface area contributed by atoms with Crippen LogP contribution in [0.5, 0.6) is 0 Å². The molecule has 1 amide bonds. The molecule has 1 aromatic carbocycles. The first-order valence-corrected chi connectivity index (χ1v) is 10.1. The van der Waals surface area contributed by atoms with Crippen molar-refractivity contribution in [3.63, 3.8) is 0 Å². The van der Waals surface area contributed by atoms with E-state index < -0.39 is 0 Å². The normalized spacial score (nSPS) is 16.5. The molecule has 7 nitrogen and oxygen atoms in total. The number of piperidine rings is 1. The lowest BCUT2D eigenvalue weighted by Gasteiger charge is -2.34. The maximum atomic E-state index is 12.4. The number of aromatic nitrogens is 4. The predicted octanol–water partition coefficient (Wildman–Crippen LogP) is 3.99. The van der Waals surface area contributed by atoms with Crippen molar-refractivity contribution < 1.29 is 4.79 Å². The number of anilines is 2. The zero-order valence-corrected chi connectivity index (χ0v) is 16.5. The minimum Gasteiger partial charge on any atom is -0.355 e. The van der Waals surface area contributed by atoms with E-state index in [-0.39, 0.29) is 5.91 Å². The lowest BCUT2D eigenvalue weighted by molar-refractivity contribution is 0.102. The molecule has 2 N–H and O–H groups in total. The molecule has 0 bridgehead atoms. The van der Waals surface area contributed by atoms with E-state index in [1.54, 1.807) is 24.7 Å². The van der Waals surface area contributed by atoms with Crippen LogP contribution in [-0.2, 0) is 0 Å². The van der Waals surface area contributed by atoms with E-state index in [0.29, 0.717) is 11.6 Å². The van der Waals surface area contributed by atoms with Gasteiger partial charge in [0.25, 0.3) is 5.91 Å². The van der Waals surface area contributed by atoms with Gasteiger partial charge < -0.3 is 15.2 Å². The second-order valence-corrected chi connectivity index (χ2v) is 7.52.